The van der Waals surface area contributed by atoms with Gasteiger partial charge < -0.3 is 0 Å². The summed E-state index contributed by atoms with van der Waals surface area (Å²) in [7, 11) is 0. The molecule has 1 rings (SSSR count). The van der Waals surface area contributed by atoms with E-state index in [1.165, 1.54) is 11.1 Å². The maximum absolute atomic E-state index is 2.22. The average molecular weight is 172 g/mol. The van der Waals surface area contributed by atoms with Crippen LogP contribution in [-0.2, 0) is 0 Å². The van der Waals surface area contributed by atoms with E-state index in [9.17, 15) is 0 Å². The van der Waals surface area contributed by atoms with Gasteiger partial charge in [0.05, 0.1) is 0 Å². The second kappa shape index (κ2) is 5.36. The molecule has 0 nitrogen and oxygen atoms in total. The van der Waals surface area contributed by atoms with Gasteiger partial charge in [-0.15, -0.1) is 0 Å². The van der Waals surface area contributed by atoms with E-state index >= 15 is 0 Å². The topological polar surface area (TPSA) is 0 Å². The van der Waals surface area contributed by atoms with Crippen LogP contribution in [0.2, 0.25) is 0 Å². The Bertz CT molecular complexity index is 287. The van der Waals surface area contributed by atoms with Crippen LogP contribution in [0.5, 0.6) is 0 Å². The van der Waals surface area contributed by atoms with Crippen molar-refractivity contribution in [3.8, 4) is 0 Å². The zero-order valence-electron chi connectivity index (χ0n) is 8.33. The van der Waals surface area contributed by atoms with Crippen LogP contribution in [0.1, 0.15) is 25.8 Å². The first kappa shape index (κ1) is 9.79. The molecule has 1 aromatic carbocycles. The highest BCUT2D eigenvalue weighted by Crippen LogP contribution is 2.02. The Morgan fingerprint density at radius 1 is 1.15 bits per heavy atom. The molecule has 0 aliphatic carbocycles. The highest BCUT2D eigenvalue weighted by atomic mass is 13.9. The van der Waals surface area contributed by atoms with E-state index in [2.05, 4.69) is 56.3 Å². The van der Waals surface area contributed by atoms with Crippen molar-refractivity contribution in [2.45, 2.75) is 20.3 Å². The quantitative estimate of drug-likeness (QED) is 0.603. The summed E-state index contributed by atoms with van der Waals surface area (Å²) in [5, 5.41) is 0. The molecule has 13 heavy (non-hydrogen) atoms. The fraction of sp³-hybridized carbons (Fsp3) is 0.231. The van der Waals surface area contributed by atoms with Gasteiger partial charge in [-0.3, -0.25) is 0 Å². The lowest BCUT2D eigenvalue weighted by Gasteiger charge is -1.90. The molecule has 0 heterocycles. The Morgan fingerprint density at radius 3 is 2.46 bits per heavy atom. The lowest BCUT2D eigenvalue weighted by molar-refractivity contribution is 1.28. The zero-order valence-corrected chi connectivity index (χ0v) is 8.33. The number of hydrogen-bond donors (Lipinski definition) is 0. The average Bonchev–Trinajstić information content (AvgIpc) is 2.14. The summed E-state index contributed by atoms with van der Waals surface area (Å²) in [5.74, 6) is 0. The van der Waals surface area contributed by atoms with Crippen molar-refractivity contribution < 1.29 is 0 Å². The SMILES string of the molecule is CC(C)=CC/C=C/c1ccccc1. The maximum atomic E-state index is 2.22. The van der Waals surface area contributed by atoms with Gasteiger partial charge in [-0.05, 0) is 25.8 Å². The summed E-state index contributed by atoms with van der Waals surface area (Å²) in [6, 6.07) is 10.4. The van der Waals surface area contributed by atoms with Gasteiger partial charge in [0.15, 0.2) is 0 Å². The molecule has 0 saturated carbocycles. The van der Waals surface area contributed by atoms with Crippen molar-refractivity contribution in [3.05, 3.63) is 53.6 Å². The molecule has 0 aromatic heterocycles. The standard InChI is InChI=1S/C13H16/c1-12(2)8-6-7-11-13-9-4-3-5-10-13/h3-5,7-11H,6H2,1-2H3/b11-7+. The Labute approximate surface area is 80.6 Å². The first-order valence-electron chi connectivity index (χ1n) is 4.64. The Balaban J connectivity index is 2.46. The van der Waals surface area contributed by atoms with E-state index in [-0.39, 0.29) is 0 Å². The minimum absolute atomic E-state index is 1.03. The summed E-state index contributed by atoms with van der Waals surface area (Å²) in [5.41, 5.74) is 2.64. The second-order valence-electron chi connectivity index (χ2n) is 3.33. The van der Waals surface area contributed by atoms with Gasteiger partial charge in [0.25, 0.3) is 0 Å². The Kier molecular flexibility index (Phi) is 4.04. The third kappa shape index (κ3) is 4.32. The zero-order chi connectivity index (χ0) is 9.52. The summed E-state index contributed by atoms with van der Waals surface area (Å²) >= 11 is 0. The van der Waals surface area contributed by atoms with Crippen LogP contribution in [0.4, 0.5) is 0 Å². The first-order chi connectivity index (χ1) is 6.29. The third-order valence-corrected chi connectivity index (χ3v) is 1.77. The minimum atomic E-state index is 1.03. The molecule has 68 valence electrons. The van der Waals surface area contributed by atoms with E-state index in [0.29, 0.717) is 0 Å². The van der Waals surface area contributed by atoms with Gasteiger partial charge in [0.1, 0.15) is 0 Å². The van der Waals surface area contributed by atoms with Crippen LogP contribution in [0.25, 0.3) is 6.08 Å². The first-order valence-corrected chi connectivity index (χ1v) is 4.64. The highest BCUT2D eigenvalue weighted by molar-refractivity contribution is 5.48. The fourth-order valence-corrected chi connectivity index (χ4v) is 1.07. The predicted octanol–water partition coefficient (Wildman–Crippen LogP) is 4.06. The molecule has 0 amide bonds. The van der Waals surface area contributed by atoms with Crippen LogP contribution in [-0.4, -0.2) is 0 Å². The van der Waals surface area contributed by atoms with E-state index in [0.717, 1.165) is 6.42 Å². The molecular formula is C13H16. The number of allylic oxidation sites excluding steroid dienone is 3. The smallest absolute Gasteiger partial charge is 0.0163 e. The van der Waals surface area contributed by atoms with Crippen molar-refractivity contribution >= 4 is 6.08 Å². The molecule has 0 fully saturated rings. The van der Waals surface area contributed by atoms with Gasteiger partial charge in [-0.1, -0.05) is 54.1 Å². The van der Waals surface area contributed by atoms with E-state index in [1.807, 2.05) is 6.07 Å². The fourth-order valence-electron chi connectivity index (χ4n) is 1.07. The molecule has 0 bridgehead atoms. The van der Waals surface area contributed by atoms with E-state index in [1.54, 1.807) is 0 Å². The second-order valence-corrected chi connectivity index (χ2v) is 3.33. The molecule has 0 aliphatic heterocycles. The van der Waals surface area contributed by atoms with Crippen LogP contribution in [0, 0.1) is 0 Å². The molecule has 0 radical (unpaired) electrons. The van der Waals surface area contributed by atoms with Gasteiger partial charge in [-0.2, -0.15) is 0 Å². The lowest BCUT2D eigenvalue weighted by atomic mass is 10.2. The molecule has 0 N–H and O–H groups in total. The molecule has 0 saturated heterocycles. The highest BCUT2D eigenvalue weighted by Gasteiger charge is 1.81. The summed E-state index contributed by atoms with van der Waals surface area (Å²) in [6.45, 7) is 4.24. The lowest BCUT2D eigenvalue weighted by Crippen LogP contribution is -1.68. The largest absolute Gasteiger partial charge is 0.0821 e. The van der Waals surface area contributed by atoms with Crippen molar-refractivity contribution in [1.29, 1.82) is 0 Å². The number of benzene rings is 1. The molecule has 0 heteroatoms. The van der Waals surface area contributed by atoms with Crippen molar-refractivity contribution in [2.24, 2.45) is 0 Å². The minimum Gasteiger partial charge on any atom is -0.0821 e. The van der Waals surface area contributed by atoms with Gasteiger partial charge in [-0.25, -0.2) is 0 Å². The molecular weight excluding hydrogens is 156 g/mol. The summed E-state index contributed by atoms with van der Waals surface area (Å²) < 4.78 is 0. The van der Waals surface area contributed by atoms with Gasteiger partial charge in [0.2, 0.25) is 0 Å². The number of rotatable bonds is 3. The molecule has 0 unspecified atom stereocenters. The van der Waals surface area contributed by atoms with Crippen LogP contribution in [0.15, 0.2) is 48.1 Å². The van der Waals surface area contributed by atoms with Crippen molar-refractivity contribution in [2.75, 3.05) is 0 Å². The van der Waals surface area contributed by atoms with Crippen molar-refractivity contribution in [3.63, 3.8) is 0 Å². The Morgan fingerprint density at radius 2 is 1.85 bits per heavy atom. The number of hydrogen-bond acceptors (Lipinski definition) is 0. The third-order valence-electron chi connectivity index (χ3n) is 1.77. The van der Waals surface area contributed by atoms with Crippen LogP contribution < -0.4 is 0 Å². The molecule has 0 spiro atoms. The van der Waals surface area contributed by atoms with Crippen LogP contribution in [0.3, 0.4) is 0 Å². The normalized spacial score (nSPS) is 10.3. The van der Waals surface area contributed by atoms with Gasteiger partial charge >= 0.3 is 0 Å². The molecule has 1 aromatic rings. The maximum Gasteiger partial charge on any atom is -0.0163 e. The van der Waals surface area contributed by atoms with E-state index < -0.39 is 0 Å². The van der Waals surface area contributed by atoms with Gasteiger partial charge in [0, 0.05) is 0 Å². The van der Waals surface area contributed by atoms with E-state index in [4.69, 9.17) is 0 Å². The summed E-state index contributed by atoms with van der Waals surface area (Å²) in [4.78, 5) is 0. The molecule has 0 atom stereocenters. The summed E-state index contributed by atoms with van der Waals surface area (Å²) in [6.07, 6.45) is 7.58. The van der Waals surface area contributed by atoms with Crippen molar-refractivity contribution in [1.82, 2.24) is 0 Å². The monoisotopic (exact) mass is 172 g/mol. The predicted molar refractivity (Wildman–Crippen MR) is 59.5 cm³/mol. The Hall–Kier alpha value is -1.30. The van der Waals surface area contributed by atoms with Crippen LogP contribution >= 0.6 is 0 Å². The molecule has 0 aliphatic rings.